The maximum absolute atomic E-state index is 6.01. The lowest BCUT2D eigenvalue weighted by Gasteiger charge is -2.14. The van der Waals surface area contributed by atoms with Crippen LogP contribution in [0, 0.1) is 0 Å². The lowest BCUT2D eigenvalue weighted by atomic mass is 10.1. The Morgan fingerprint density at radius 2 is 2.10 bits per heavy atom. The molecule has 3 nitrogen and oxygen atoms in total. The lowest BCUT2D eigenvalue weighted by molar-refractivity contribution is 0.303. The first-order chi connectivity index (χ1) is 9.88. The topological polar surface area (TPSA) is 34.1 Å². The van der Waals surface area contributed by atoms with E-state index in [0.717, 1.165) is 24.3 Å². The Morgan fingerprint density at radius 3 is 2.90 bits per heavy atom. The SMILES string of the molecule is CCNC1CCc2c(OCc3ccncc3)cccc21. The maximum atomic E-state index is 6.01. The van der Waals surface area contributed by atoms with Gasteiger partial charge in [-0.05, 0) is 54.3 Å². The quantitative estimate of drug-likeness (QED) is 0.903. The summed E-state index contributed by atoms with van der Waals surface area (Å²) in [6, 6.07) is 10.9. The van der Waals surface area contributed by atoms with Crippen molar-refractivity contribution < 1.29 is 4.74 Å². The highest BCUT2D eigenvalue weighted by molar-refractivity contribution is 5.45. The second kappa shape index (κ2) is 6.06. The summed E-state index contributed by atoms with van der Waals surface area (Å²) in [4.78, 5) is 4.02. The van der Waals surface area contributed by atoms with E-state index in [-0.39, 0.29) is 0 Å². The number of ether oxygens (including phenoxy) is 1. The van der Waals surface area contributed by atoms with Crippen LogP contribution in [0.4, 0.5) is 0 Å². The molecule has 0 spiro atoms. The van der Waals surface area contributed by atoms with Crippen molar-refractivity contribution in [3.05, 3.63) is 59.4 Å². The molecule has 2 aromatic rings. The van der Waals surface area contributed by atoms with Gasteiger partial charge in [-0.1, -0.05) is 19.1 Å². The fraction of sp³-hybridized carbons (Fsp3) is 0.353. The molecular weight excluding hydrogens is 248 g/mol. The van der Waals surface area contributed by atoms with E-state index in [0.29, 0.717) is 12.6 Å². The van der Waals surface area contributed by atoms with E-state index < -0.39 is 0 Å². The molecule has 0 bridgehead atoms. The van der Waals surface area contributed by atoms with E-state index >= 15 is 0 Å². The van der Waals surface area contributed by atoms with Crippen LogP contribution in [-0.4, -0.2) is 11.5 Å². The van der Waals surface area contributed by atoms with E-state index in [2.05, 4.69) is 35.4 Å². The van der Waals surface area contributed by atoms with Gasteiger partial charge in [0.1, 0.15) is 12.4 Å². The van der Waals surface area contributed by atoms with Gasteiger partial charge in [0.2, 0.25) is 0 Å². The molecule has 1 N–H and O–H groups in total. The minimum absolute atomic E-state index is 0.486. The van der Waals surface area contributed by atoms with E-state index in [4.69, 9.17) is 4.74 Å². The molecule has 1 aliphatic carbocycles. The number of fused-ring (bicyclic) bond motifs is 1. The highest BCUT2D eigenvalue weighted by Crippen LogP contribution is 2.37. The third kappa shape index (κ3) is 2.68. The molecule has 3 rings (SSSR count). The van der Waals surface area contributed by atoms with Crippen molar-refractivity contribution in [2.24, 2.45) is 0 Å². The minimum atomic E-state index is 0.486. The van der Waals surface area contributed by atoms with Crippen molar-refractivity contribution in [2.45, 2.75) is 32.4 Å². The van der Waals surface area contributed by atoms with Crippen molar-refractivity contribution in [3.63, 3.8) is 0 Å². The van der Waals surface area contributed by atoms with Crippen LogP contribution in [0.1, 0.15) is 36.1 Å². The zero-order chi connectivity index (χ0) is 13.8. The van der Waals surface area contributed by atoms with Gasteiger partial charge in [0.25, 0.3) is 0 Å². The van der Waals surface area contributed by atoms with Gasteiger partial charge in [-0.2, -0.15) is 0 Å². The van der Waals surface area contributed by atoms with Gasteiger partial charge in [-0.3, -0.25) is 4.98 Å². The molecule has 1 aliphatic rings. The smallest absolute Gasteiger partial charge is 0.123 e. The molecule has 0 radical (unpaired) electrons. The predicted molar refractivity (Wildman–Crippen MR) is 79.7 cm³/mol. The number of aromatic nitrogens is 1. The molecule has 0 amide bonds. The molecule has 0 saturated carbocycles. The number of pyridine rings is 1. The van der Waals surface area contributed by atoms with Crippen LogP contribution in [0.3, 0.4) is 0 Å². The van der Waals surface area contributed by atoms with Gasteiger partial charge < -0.3 is 10.1 Å². The van der Waals surface area contributed by atoms with Gasteiger partial charge in [0.05, 0.1) is 0 Å². The van der Waals surface area contributed by atoms with Crippen molar-refractivity contribution in [2.75, 3.05) is 6.54 Å². The first-order valence-electron chi connectivity index (χ1n) is 7.25. The van der Waals surface area contributed by atoms with E-state index in [1.165, 1.54) is 17.5 Å². The third-order valence-corrected chi connectivity index (χ3v) is 3.82. The lowest BCUT2D eigenvalue weighted by Crippen LogP contribution is -2.18. The van der Waals surface area contributed by atoms with Crippen LogP contribution in [0.25, 0.3) is 0 Å². The first-order valence-corrected chi connectivity index (χ1v) is 7.25. The van der Waals surface area contributed by atoms with Crippen LogP contribution < -0.4 is 10.1 Å². The Hall–Kier alpha value is -1.87. The summed E-state index contributed by atoms with van der Waals surface area (Å²) in [5.74, 6) is 1.03. The molecule has 20 heavy (non-hydrogen) atoms. The summed E-state index contributed by atoms with van der Waals surface area (Å²) in [5.41, 5.74) is 3.92. The van der Waals surface area contributed by atoms with Gasteiger partial charge in [-0.25, -0.2) is 0 Å². The second-order valence-electron chi connectivity index (χ2n) is 5.12. The molecule has 1 aromatic heterocycles. The molecular formula is C17H20N2O. The number of nitrogens with zero attached hydrogens (tertiary/aromatic N) is 1. The summed E-state index contributed by atoms with van der Waals surface area (Å²) < 4.78 is 6.01. The van der Waals surface area contributed by atoms with Gasteiger partial charge in [0.15, 0.2) is 0 Å². The number of rotatable bonds is 5. The van der Waals surface area contributed by atoms with E-state index in [1.54, 1.807) is 12.4 Å². The summed E-state index contributed by atoms with van der Waals surface area (Å²) in [5, 5.41) is 3.54. The van der Waals surface area contributed by atoms with Crippen LogP contribution in [0.5, 0.6) is 5.75 Å². The van der Waals surface area contributed by atoms with Crippen LogP contribution in [0.15, 0.2) is 42.7 Å². The highest BCUT2D eigenvalue weighted by Gasteiger charge is 2.24. The minimum Gasteiger partial charge on any atom is -0.489 e. The molecule has 1 atom stereocenters. The molecule has 3 heteroatoms. The number of hydrogen-bond acceptors (Lipinski definition) is 3. The van der Waals surface area contributed by atoms with E-state index in [1.807, 2.05) is 12.1 Å². The maximum Gasteiger partial charge on any atom is 0.123 e. The Balaban J connectivity index is 1.75. The highest BCUT2D eigenvalue weighted by atomic mass is 16.5. The van der Waals surface area contributed by atoms with Crippen molar-refractivity contribution >= 4 is 0 Å². The number of nitrogens with one attached hydrogen (secondary N) is 1. The average Bonchev–Trinajstić information content (AvgIpc) is 2.91. The molecule has 0 saturated heterocycles. The Morgan fingerprint density at radius 1 is 1.25 bits per heavy atom. The van der Waals surface area contributed by atoms with Gasteiger partial charge in [-0.15, -0.1) is 0 Å². The fourth-order valence-corrected chi connectivity index (χ4v) is 2.85. The average molecular weight is 268 g/mol. The summed E-state index contributed by atoms with van der Waals surface area (Å²) >= 11 is 0. The Labute approximate surface area is 120 Å². The zero-order valence-corrected chi connectivity index (χ0v) is 11.8. The predicted octanol–water partition coefficient (Wildman–Crippen LogP) is 3.26. The number of benzene rings is 1. The molecule has 1 heterocycles. The van der Waals surface area contributed by atoms with Crippen LogP contribution >= 0.6 is 0 Å². The largest absolute Gasteiger partial charge is 0.489 e. The Kier molecular flexibility index (Phi) is 3.97. The third-order valence-electron chi connectivity index (χ3n) is 3.82. The van der Waals surface area contributed by atoms with Crippen molar-refractivity contribution in [1.82, 2.24) is 10.3 Å². The molecule has 104 valence electrons. The standard InChI is InChI=1S/C17H20N2O/c1-2-19-16-7-6-15-14(16)4-3-5-17(15)20-12-13-8-10-18-11-9-13/h3-5,8-11,16,19H,2,6-7,12H2,1H3. The summed E-state index contributed by atoms with van der Waals surface area (Å²) in [6.07, 6.45) is 5.86. The molecule has 0 fully saturated rings. The van der Waals surface area contributed by atoms with Crippen LogP contribution in [-0.2, 0) is 13.0 Å². The fourth-order valence-electron chi connectivity index (χ4n) is 2.85. The Bertz CT molecular complexity index is 568. The monoisotopic (exact) mass is 268 g/mol. The zero-order valence-electron chi connectivity index (χ0n) is 11.8. The summed E-state index contributed by atoms with van der Waals surface area (Å²) in [7, 11) is 0. The number of hydrogen-bond donors (Lipinski definition) is 1. The van der Waals surface area contributed by atoms with Crippen molar-refractivity contribution in [1.29, 1.82) is 0 Å². The second-order valence-corrected chi connectivity index (χ2v) is 5.12. The van der Waals surface area contributed by atoms with Crippen LogP contribution in [0.2, 0.25) is 0 Å². The summed E-state index contributed by atoms with van der Waals surface area (Å²) in [6.45, 7) is 3.76. The van der Waals surface area contributed by atoms with E-state index in [9.17, 15) is 0 Å². The molecule has 1 unspecified atom stereocenters. The first kappa shape index (κ1) is 13.1. The molecule has 1 aromatic carbocycles. The van der Waals surface area contributed by atoms with Crippen molar-refractivity contribution in [3.8, 4) is 5.75 Å². The molecule has 0 aliphatic heterocycles. The normalized spacial score (nSPS) is 16.9. The van der Waals surface area contributed by atoms with Gasteiger partial charge in [0, 0.05) is 18.4 Å². The van der Waals surface area contributed by atoms with Gasteiger partial charge >= 0.3 is 0 Å².